The Labute approximate surface area is 161 Å². The maximum atomic E-state index is 13.2. The van der Waals surface area contributed by atoms with Gasteiger partial charge in [-0.3, -0.25) is 0 Å². The van der Waals surface area contributed by atoms with Crippen LogP contribution in [0.4, 0.5) is 10.1 Å². The minimum atomic E-state index is -0.490. The van der Waals surface area contributed by atoms with Gasteiger partial charge in [-0.15, -0.1) is 11.3 Å². The molecule has 0 bridgehead atoms. The minimum Gasteiger partial charge on any atom is -0.360 e. The molecule has 0 aliphatic rings. The van der Waals surface area contributed by atoms with Gasteiger partial charge in [0.15, 0.2) is 0 Å². The summed E-state index contributed by atoms with van der Waals surface area (Å²) in [6.07, 6.45) is 1.54. The highest BCUT2D eigenvalue weighted by Crippen LogP contribution is 2.27. The molecule has 0 amide bonds. The maximum Gasteiger partial charge on any atom is 0.141 e. The van der Waals surface area contributed by atoms with Crippen molar-refractivity contribution < 1.29 is 4.39 Å². The Bertz CT molecular complexity index is 977. The van der Waals surface area contributed by atoms with Crippen LogP contribution in [-0.4, -0.2) is 4.98 Å². The van der Waals surface area contributed by atoms with Crippen molar-refractivity contribution in [3.63, 3.8) is 0 Å². The number of nitrogens with one attached hydrogen (secondary N) is 1. The number of thiazole rings is 1. The first-order valence-corrected chi connectivity index (χ1v) is 9.15. The summed E-state index contributed by atoms with van der Waals surface area (Å²) in [5.41, 5.74) is 2.75. The Morgan fingerprint density at radius 1 is 1.28 bits per heavy atom. The van der Waals surface area contributed by atoms with E-state index in [1.807, 2.05) is 29.6 Å². The quantitative estimate of drug-likeness (QED) is 0.487. The van der Waals surface area contributed by atoms with E-state index < -0.39 is 5.82 Å². The fourth-order valence-corrected chi connectivity index (χ4v) is 3.27. The second-order valence-electron chi connectivity index (χ2n) is 4.99. The van der Waals surface area contributed by atoms with Crippen LogP contribution in [0.15, 0.2) is 58.5 Å². The first-order valence-electron chi connectivity index (χ1n) is 7.10. The number of halogens is 3. The molecule has 0 atom stereocenters. The number of anilines is 1. The second-order valence-corrected chi connectivity index (χ2v) is 7.17. The smallest absolute Gasteiger partial charge is 0.141 e. The molecule has 3 aromatic rings. The largest absolute Gasteiger partial charge is 0.360 e. The van der Waals surface area contributed by atoms with Gasteiger partial charge in [0, 0.05) is 27.3 Å². The molecule has 3 nitrogen and oxygen atoms in total. The lowest BCUT2D eigenvalue weighted by molar-refractivity contribution is 0.628. The number of hydrogen-bond donors (Lipinski definition) is 1. The zero-order valence-electron chi connectivity index (χ0n) is 12.6. The zero-order chi connectivity index (χ0) is 17.8. The van der Waals surface area contributed by atoms with Gasteiger partial charge in [-0.25, -0.2) is 9.37 Å². The molecule has 0 spiro atoms. The Hall–Kier alpha value is -2.20. The monoisotopic (exact) mass is 433 g/mol. The Kier molecular flexibility index (Phi) is 5.49. The first-order chi connectivity index (χ1) is 12.1. The molecule has 124 valence electrons. The highest BCUT2D eigenvalue weighted by Gasteiger charge is 2.09. The van der Waals surface area contributed by atoms with Crippen molar-refractivity contribution in [1.29, 1.82) is 5.26 Å². The molecule has 0 unspecified atom stereocenters. The molecule has 0 saturated carbocycles. The van der Waals surface area contributed by atoms with Crippen molar-refractivity contribution in [1.82, 2.24) is 4.98 Å². The fourth-order valence-electron chi connectivity index (χ4n) is 2.03. The summed E-state index contributed by atoms with van der Waals surface area (Å²) >= 11 is 10.5. The van der Waals surface area contributed by atoms with Crippen LogP contribution in [-0.2, 0) is 0 Å². The van der Waals surface area contributed by atoms with Crippen LogP contribution >= 0.6 is 38.9 Å². The molecule has 1 N–H and O–H groups in total. The van der Waals surface area contributed by atoms with Crippen molar-refractivity contribution in [3.05, 3.63) is 74.4 Å². The van der Waals surface area contributed by atoms with E-state index in [2.05, 4.69) is 32.3 Å². The van der Waals surface area contributed by atoms with Crippen LogP contribution in [0, 0.1) is 17.1 Å². The summed E-state index contributed by atoms with van der Waals surface area (Å²) in [6.45, 7) is 0. The van der Waals surface area contributed by atoms with Crippen LogP contribution in [0.5, 0.6) is 0 Å². The minimum absolute atomic E-state index is 0.0173. The molecule has 0 radical (unpaired) electrons. The number of hydrogen-bond acceptors (Lipinski definition) is 4. The van der Waals surface area contributed by atoms with E-state index >= 15 is 0 Å². The molecular weight excluding hydrogens is 425 g/mol. The van der Waals surface area contributed by atoms with Crippen molar-refractivity contribution in [3.8, 4) is 17.3 Å². The summed E-state index contributed by atoms with van der Waals surface area (Å²) < 4.78 is 14.2. The maximum absolute atomic E-state index is 13.2. The summed E-state index contributed by atoms with van der Waals surface area (Å²) in [5.74, 6) is -0.490. The van der Waals surface area contributed by atoms with E-state index in [4.69, 9.17) is 11.6 Å². The molecule has 2 aromatic carbocycles. The first kappa shape index (κ1) is 17.6. The number of allylic oxidation sites excluding steroid dienone is 1. The molecule has 0 saturated heterocycles. The third kappa shape index (κ3) is 4.26. The van der Waals surface area contributed by atoms with Gasteiger partial charge >= 0.3 is 0 Å². The molecule has 1 heterocycles. The predicted octanol–water partition coefficient (Wildman–Crippen LogP) is 6.34. The van der Waals surface area contributed by atoms with Gasteiger partial charge in [0.25, 0.3) is 0 Å². The number of nitrogens with zero attached hydrogens (tertiary/aromatic N) is 2. The summed E-state index contributed by atoms with van der Waals surface area (Å²) in [6, 6.07) is 14.2. The van der Waals surface area contributed by atoms with Gasteiger partial charge in [-0.1, -0.05) is 39.7 Å². The summed E-state index contributed by atoms with van der Waals surface area (Å²) in [5, 5.41) is 14.8. The van der Waals surface area contributed by atoms with Gasteiger partial charge < -0.3 is 5.32 Å². The molecule has 0 aliphatic heterocycles. The fraction of sp³-hybridized carbons (Fsp3) is 0. The number of rotatable bonds is 4. The van der Waals surface area contributed by atoms with Gasteiger partial charge in [0.2, 0.25) is 0 Å². The number of nitriles is 1. The van der Waals surface area contributed by atoms with Gasteiger partial charge in [0.1, 0.15) is 22.5 Å². The SMILES string of the molecule is N#C/C(=C/Nc1ccc(F)c(Cl)c1)c1nc(-c2ccc(Br)cc2)cs1. The molecule has 3 rings (SSSR count). The standard InChI is InChI=1S/C18H10BrClFN3S/c19-13-3-1-11(2-4-13)17-10-25-18(24-17)12(8-22)9-23-14-5-6-16(21)15(20)7-14/h1-7,9-10,23H/b12-9-. The van der Waals surface area contributed by atoms with Crippen molar-refractivity contribution >= 4 is 50.1 Å². The van der Waals surface area contributed by atoms with Crippen LogP contribution in [0.25, 0.3) is 16.8 Å². The molecule has 25 heavy (non-hydrogen) atoms. The second kappa shape index (κ2) is 7.79. The Morgan fingerprint density at radius 3 is 2.72 bits per heavy atom. The van der Waals surface area contributed by atoms with E-state index in [1.54, 1.807) is 6.07 Å². The van der Waals surface area contributed by atoms with E-state index in [9.17, 15) is 9.65 Å². The van der Waals surface area contributed by atoms with Crippen molar-refractivity contribution in [2.24, 2.45) is 0 Å². The lowest BCUT2D eigenvalue weighted by Crippen LogP contribution is -1.92. The van der Waals surface area contributed by atoms with Crippen molar-refractivity contribution in [2.75, 3.05) is 5.32 Å². The summed E-state index contributed by atoms with van der Waals surface area (Å²) in [7, 11) is 0. The van der Waals surface area contributed by atoms with Crippen LogP contribution in [0.1, 0.15) is 5.01 Å². The highest BCUT2D eigenvalue weighted by molar-refractivity contribution is 9.10. The average Bonchev–Trinajstić information content (AvgIpc) is 3.09. The molecule has 0 fully saturated rings. The molecule has 0 aliphatic carbocycles. The third-order valence-corrected chi connectivity index (χ3v) is 4.99. The van der Waals surface area contributed by atoms with E-state index in [0.717, 1.165) is 15.7 Å². The number of benzene rings is 2. The topological polar surface area (TPSA) is 48.7 Å². The Balaban J connectivity index is 1.82. The molecule has 7 heteroatoms. The zero-order valence-corrected chi connectivity index (χ0v) is 15.8. The third-order valence-electron chi connectivity index (χ3n) is 3.30. The van der Waals surface area contributed by atoms with Gasteiger partial charge in [0.05, 0.1) is 10.7 Å². The lowest BCUT2D eigenvalue weighted by atomic mass is 10.2. The van der Waals surface area contributed by atoms with Gasteiger partial charge in [-0.2, -0.15) is 5.26 Å². The van der Waals surface area contributed by atoms with E-state index in [-0.39, 0.29) is 5.02 Å². The lowest BCUT2D eigenvalue weighted by Gasteiger charge is -2.02. The van der Waals surface area contributed by atoms with Gasteiger partial charge in [-0.05, 0) is 30.3 Å². The van der Waals surface area contributed by atoms with Crippen LogP contribution in [0.2, 0.25) is 5.02 Å². The van der Waals surface area contributed by atoms with Crippen LogP contribution in [0.3, 0.4) is 0 Å². The Morgan fingerprint density at radius 2 is 2.04 bits per heavy atom. The number of aromatic nitrogens is 1. The van der Waals surface area contributed by atoms with Crippen LogP contribution < -0.4 is 5.32 Å². The van der Waals surface area contributed by atoms with Crippen molar-refractivity contribution in [2.45, 2.75) is 0 Å². The van der Waals surface area contributed by atoms with E-state index in [0.29, 0.717) is 16.3 Å². The van der Waals surface area contributed by atoms with E-state index in [1.165, 1.54) is 29.7 Å². The highest BCUT2D eigenvalue weighted by atomic mass is 79.9. The predicted molar refractivity (Wildman–Crippen MR) is 104 cm³/mol. The molecular formula is C18H10BrClFN3S. The molecule has 1 aromatic heterocycles. The summed E-state index contributed by atoms with van der Waals surface area (Å²) in [4.78, 5) is 4.51. The average molecular weight is 435 g/mol. The normalized spacial score (nSPS) is 11.2.